The molecule has 0 unspecified atom stereocenters. The molecule has 1 N–H and O–H groups in total. The van der Waals surface area contributed by atoms with Crippen LogP contribution in [-0.2, 0) is 22.7 Å². The molecule has 7 heteroatoms. The van der Waals surface area contributed by atoms with E-state index in [4.69, 9.17) is 4.74 Å². The number of likely N-dealkylation sites (tertiary alicyclic amines) is 1. The van der Waals surface area contributed by atoms with Crippen LogP contribution in [0.4, 0.5) is 0 Å². The average Bonchev–Trinajstić information content (AvgIpc) is 3.33. The number of amides is 1. The molecule has 0 bridgehead atoms. The van der Waals surface area contributed by atoms with Gasteiger partial charge >= 0.3 is 5.97 Å². The molecule has 4 rings (SSSR count). The molecule has 1 aliphatic rings. The van der Waals surface area contributed by atoms with Crippen LogP contribution in [0, 0.1) is 0 Å². The first-order valence-corrected chi connectivity index (χ1v) is 9.28. The summed E-state index contributed by atoms with van der Waals surface area (Å²) in [5, 5.41) is 9.36. The number of hydrogen-bond donors (Lipinski definition) is 1. The number of hydrogen-bond acceptors (Lipinski definition) is 4. The van der Waals surface area contributed by atoms with Crippen LogP contribution in [0.5, 0.6) is 5.75 Å². The number of imidazole rings is 1. The van der Waals surface area contributed by atoms with Gasteiger partial charge < -0.3 is 19.3 Å². The van der Waals surface area contributed by atoms with Gasteiger partial charge in [-0.3, -0.25) is 4.79 Å². The minimum atomic E-state index is -0.950. The standard InChI is InChI=1S/C21H21N3O4/c25-20(23-12-6-11-18(23)21(26)27)13-24-17-10-5-4-9-16(17)22-19(24)14-28-15-7-2-1-3-8-15/h1-5,7-10,18H,6,11-14H2,(H,26,27)/t18-/m1/s1. The summed E-state index contributed by atoms with van der Waals surface area (Å²) in [4.78, 5) is 30.4. The second-order valence-electron chi connectivity index (χ2n) is 6.79. The summed E-state index contributed by atoms with van der Waals surface area (Å²) in [7, 11) is 0. The molecule has 1 aliphatic heterocycles. The Morgan fingerprint density at radius 3 is 2.64 bits per heavy atom. The zero-order chi connectivity index (χ0) is 19.5. The van der Waals surface area contributed by atoms with Gasteiger partial charge in [-0.2, -0.15) is 0 Å². The van der Waals surface area contributed by atoms with E-state index in [0.29, 0.717) is 25.2 Å². The van der Waals surface area contributed by atoms with Crippen molar-refractivity contribution in [2.45, 2.75) is 32.0 Å². The van der Waals surface area contributed by atoms with Gasteiger partial charge in [0.2, 0.25) is 5.91 Å². The highest BCUT2D eigenvalue weighted by atomic mass is 16.5. The lowest BCUT2D eigenvalue weighted by Gasteiger charge is -2.22. The van der Waals surface area contributed by atoms with Gasteiger partial charge in [-0.1, -0.05) is 30.3 Å². The maximum Gasteiger partial charge on any atom is 0.326 e. The Morgan fingerprint density at radius 1 is 1.11 bits per heavy atom. The first-order chi connectivity index (χ1) is 13.6. The summed E-state index contributed by atoms with van der Waals surface area (Å²) in [5.41, 5.74) is 1.60. The quantitative estimate of drug-likeness (QED) is 0.712. The van der Waals surface area contributed by atoms with Gasteiger partial charge in [-0.15, -0.1) is 0 Å². The summed E-state index contributed by atoms with van der Waals surface area (Å²) >= 11 is 0. The van der Waals surface area contributed by atoms with Gasteiger partial charge in [-0.25, -0.2) is 9.78 Å². The third-order valence-corrected chi connectivity index (χ3v) is 5.00. The lowest BCUT2D eigenvalue weighted by atomic mass is 10.2. The monoisotopic (exact) mass is 379 g/mol. The average molecular weight is 379 g/mol. The maximum atomic E-state index is 12.9. The van der Waals surface area contributed by atoms with E-state index in [2.05, 4.69) is 4.98 Å². The Hall–Kier alpha value is -3.35. The van der Waals surface area contributed by atoms with Crippen LogP contribution in [0.3, 0.4) is 0 Å². The van der Waals surface area contributed by atoms with E-state index in [1.807, 2.05) is 59.2 Å². The molecule has 2 heterocycles. The predicted molar refractivity (Wildman–Crippen MR) is 103 cm³/mol. The minimum absolute atomic E-state index is 0.0395. The number of carboxylic acids is 1. The number of rotatable bonds is 6. The molecule has 144 valence electrons. The third kappa shape index (κ3) is 3.55. The van der Waals surface area contributed by atoms with E-state index in [9.17, 15) is 14.7 Å². The smallest absolute Gasteiger partial charge is 0.326 e. The molecule has 0 spiro atoms. The zero-order valence-corrected chi connectivity index (χ0v) is 15.3. The molecule has 2 aromatic carbocycles. The van der Waals surface area contributed by atoms with E-state index in [0.717, 1.165) is 16.8 Å². The van der Waals surface area contributed by atoms with Gasteiger partial charge in [0.05, 0.1) is 11.0 Å². The van der Waals surface area contributed by atoms with Crippen LogP contribution in [0.25, 0.3) is 11.0 Å². The number of nitrogens with zero attached hydrogens (tertiary/aromatic N) is 3. The molecule has 28 heavy (non-hydrogen) atoms. The van der Waals surface area contributed by atoms with E-state index in [-0.39, 0.29) is 19.1 Å². The summed E-state index contributed by atoms with van der Waals surface area (Å²) < 4.78 is 7.64. The Labute approximate surface area is 162 Å². The van der Waals surface area contributed by atoms with Crippen LogP contribution in [0.1, 0.15) is 18.7 Å². The van der Waals surface area contributed by atoms with Crippen molar-refractivity contribution < 1.29 is 19.4 Å². The van der Waals surface area contributed by atoms with Crippen LogP contribution in [0.15, 0.2) is 54.6 Å². The maximum absolute atomic E-state index is 12.9. The van der Waals surface area contributed by atoms with E-state index < -0.39 is 12.0 Å². The Balaban J connectivity index is 1.60. The molecule has 1 fully saturated rings. The number of carbonyl (C=O) groups excluding carboxylic acids is 1. The minimum Gasteiger partial charge on any atom is -0.486 e. The normalized spacial score (nSPS) is 16.4. The highest BCUT2D eigenvalue weighted by Crippen LogP contribution is 2.21. The lowest BCUT2D eigenvalue weighted by Crippen LogP contribution is -2.42. The highest BCUT2D eigenvalue weighted by molar-refractivity contribution is 5.85. The zero-order valence-electron chi connectivity index (χ0n) is 15.3. The molecule has 0 aliphatic carbocycles. The van der Waals surface area contributed by atoms with Gasteiger partial charge in [0.15, 0.2) is 0 Å². The molecule has 0 radical (unpaired) electrons. The van der Waals surface area contributed by atoms with E-state index in [1.165, 1.54) is 4.90 Å². The number of ether oxygens (including phenoxy) is 1. The van der Waals surface area contributed by atoms with Crippen LogP contribution in [0.2, 0.25) is 0 Å². The fraction of sp³-hybridized carbons (Fsp3) is 0.286. The molecule has 3 aromatic rings. The van der Waals surface area contributed by atoms with Crippen molar-refractivity contribution in [3.8, 4) is 5.75 Å². The van der Waals surface area contributed by atoms with E-state index in [1.54, 1.807) is 0 Å². The van der Waals surface area contributed by atoms with Crippen molar-refractivity contribution >= 4 is 22.9 Å². The highest BCUT2D eigenvalue weighted by Gasteiger charge is 2.34. The van der Waals surface area contributed by atoms with Crippen LogP contribution in [-0.4, -0.2) is 44.0 Å². The first-order valence-electron chi connectivity index (χ1n) is 9.28. The number of carbonyl (C=O) groups is 2. The van der Waals surface area contributed by atoms with Crippen molar-refractivity contribution in [1.29, 1.82) is 0 Å². The summed E-state index contributed by atoms with van der Waals surface area (Å²) in [6.45, 7) is 0.727. The number of benzene rings is 2. The molecule has 1 aromatic heterocycles. The van der Waals surface area contributed by atoms with Gasteiger partial charge in [0, 0.05) is 6.54 Å². The van der Waals surface area contributed by atoms with Crippen molar-refractivity contribution in [3.63, 3.8) is 0 Å². The Kier molecular flexibility index (Phi) is 4.97. The fourth-order valence-electron chi connectivity index (χ4n) is 3.62. The third-order valence-electron chi connectivity index (χ3n) is 5.00. The molecular weight excluding hydrogens is 358 g/mol. The molecule has 0 saturated carbocycles. The number of aromatic nitrogens is 2. The lowest BCUT2D eigenvalue weighted by molar-refractivity contribution is -0.148. The van der Waals surface area contributed by atoms with Gasteiger partial charge in [0.1, 0.15) is 30.8 Å². The number of aliphatic carboxylic acids is 1. The molecule has 1 saturated heterocycles. The summed E-state index contributed by atoms with van der Waals surface area (Å²) in [6.07, 6.45) is 1.20. The number of fused-ring (bicyclic) bond motifs is 1. The number of carboxylic acid groups (broad SMARTS) is 1. The largest absolute Gasteiger partial charge is 0.486 e. The molecule has 7 nitrogen and oxygen atoms in total. The molecule has 1 amide bonds. The van der Waals surface area contributed by atoms with Crippen molar-refractivity contribution in [2.24, 2.45) is 0 Å². The van der Waals surface area contributed by atoms with E-state index >= 15 is 0 Å². The Morgan fingerprint density at radius 2 is 1.86 bits per heavy atom. The predicted octanol–water partition coefficient (Wildman–Crippen LogP) is 2.69. The van der Waals surface area contributed by atoms with Crippen LogP contribution < -0.4 is 4.74 Å². The summed E-state index contributed by atoms with van der Waals surface area (Å²) in [6, 6.07) is 16.2. The van der Waals surface area contributed by atoms with Crippen LogP contribution >= 0.6 is 0 Å². The second kappa shape index (κ2) is 7.72. The Bertz CT molecular complexity index is 999. The van der Waals surface area contributed by atoms with Gasteiger partial charge in [-0.05, 0) is 37.1 Å². The number of para-hydroxylation sites is 3. The summed E-state index contributed by atoms with van der Waals surface area (Å²) in [5.74, 6) is 0.186. The van der Waals surface area contributed by atoms with Crippen molar-refractivity contribution in [2.75, 3.05) is 6.54 Å². The molecular formula is C21H21N3O4. The van der Waals surface area contributed by atoms with Crippen molar-refractivity contribution in [3.05, 3.63) is 60.4 Å². The van der Waals surface area contributed by atoms with Gasteiger partial charge in [0.25, 0.3) is 0 Å². The SMILES string of the molecule is O=C(O)[C@H]1CCCN1C(=O)Cn1c(COc2ccccc2)nc2ccccc21. The van der Waals surface area contributed by atoms with Crippen molar-refractivity contribution in [1.82, 2.24) is 14.5 Å². The first kappa shape index (κ1) is 18.0. The second-order valence-corrected chi connectivity index (χ2v) is 6.79. The molecule has 1 atom stereocenters. The fourth-order valence-corrected chi connectivity index (χ4v) is 3.62. The topological polar surface area (TPSA) is 84.7 Å².